The van der Waals surface area contributed by atoms with E-state index in [1.165, 1.54) is 0 Å². The van der Waals surface area contributed by atoms with Crippen LogP contribution in [0, 0.1) is 19.8 Å². The van der Waals surface area contributed by atoms with E-state index in [-0.39, 0.29) is 24.4 Å². The van der Waals surface area contributed by atoms with Crippen LogP contribution >= 0.6 is 0 Å². The average molecular weight is 489 g/mol. The third-order valence-electron chi connectivity index (χ3n) is 6.94. The van der Waals surface area contributed by atoms with Crippen molar-refractivity contribution in [1.82, 2.24) is 20.4 Å². The Balaban J connectivity index is 1.72. The van der Waals surface area contributed by atoms with Crippen LogP contribution in [0.3, 0.4) is 0 Å². The van der Waals surface area contributed by atoms with Gasteiger partial charge in [0, 0.05) is 19.5 Å². The van der Waals surface area contributed by atoms with Crippen molar-refractivity contribution in [2.24, 2.45) is 5.92 Å². The van der Waals surface area contributed by atoms with Gasteiger partial charge in [-0.25, -0.2) is 4.79 Å². The van der Waals surface area contributed by atoms with Gasteiger partial charge in [-0.1, -0.05) is 67.9 Å². The van der Waals surface area contributed by atoms with Crippen LogP contribution in [0.25, 0.3) is 0 Å². The molecule has 2 aliphatic rings. The maximum absolute atomic E-state index is 14.1. The highest BCUT2D eigenvalue weighted by atomic mass is 16.2. The van der Waals surface area contributed by atoms with Crippen LogP contribution in [0.5, 0.6) is 0 Å². The Morgan fingerprint density at radius 1 is 1.11 bits per heavy atom. The minimum Gasteiger partial charge on any atom is -0.354 e. The molecule has 0 unspecified atom stereocenters. The molecule has 2 atom stereocenters. The van der Waals surface area contributed by atoms with Crippen molar-refractivity contribution >= 4 is 17.8 Å². The first-order chi connectivity index (χ1) is 17.2. The van der Waals surface area contributed by atoms with Gasteiger partial charge in [0.25, 0.3) is 5.91 Å². The van der Waals surface area contributed by atoms with Gasteiger partial charge in [-0.3, -0.25) is 14.5 Å². The summed E-state index contributed by atoms with van der Waals surface area (Å²) >= 11 is 0. The quantitative estimate of drug-likeness (QED) is 0.592. The summed E-state index contributed by atoms with van der Waals surface area (Å²) in [5.74, 6) is -0.0848. The van der Waals surface area contributed by atoms with E-state index in [1.54, 1.807) is 9.80 Å². The highest BCUT2D eigenvalue weighted by Crippen LogP contribution is 2.38. The minimum atomic E-state index is -0.683. The van der Waals surface area contributed by atoms with Gasteiger partial charge in [0.2, 0.25) is 5.91 Å². The topological polar surface area (TPSA) is 81.8 Å². The highest BCUT2D eigenvalue weighted by molar-refractivity contribution is 6.03. The Kier molecular flexibility index (Phi) is 7.48. The van der Waals surface area contributed by atoms with Crippen LogP contribution in [0.1, 0.15) is 49.1 Å². The van der Waals surface area contributed by atoms with Crippen molar-refractivity contribution < 1.29 is 14.4 Å². The number of amides is 4. The van der Waals surface area contributed by atoms with Gasteiger partial charge in [0.15, 0.2) is 0 Å². The average Bonchev–Trinajstić information content (AvgIpc) is 3.18. The number of likely N-dealkylation sites (N-methyl/N-ethyl adjacent to an activating group) is 1. The fourth-order valence-electron chi connectivity index (χ4n) is 5.09. The molecule has 0 bridgehead atoms. The summed E-state index contributed by atoms with van der Waals surface area (Å²) < 4.78 is 0. The number of benzene rings is 2. The van der Waals surface area contributed by atoms with Gasteiger partial charge in [-0.05, 0) is 43.4 Å². The second-order valence-corrected chi connectivity index (χ2v) is 10.1. The molecule has 0 aliphatic carbocycles. The Bertz CT molecular complexity index is 1190. The third kappa shape index (κ3) is 5.01. The lowest BCUT2D eigenvalue weighted by Gasteiger charge is -2.33. The molecule has 36 heavy (non-hydrogen) atoms. The summed E-state index contributed by atoms with van der Waals surface area (Å²) in [6.45, 7) is 11.2. The lowest BCUT2D eigenvalue weighted by Crippen LogP contribution is -2.50. The molecule has 2 aliphatic heterocycles. The van der Waals surface area contributed by atoms with E-state index in [0.717, 1.165) is 22.3 Å². The van der Waals surface area contributed by atoms with Crippen LogP contribution in [0.2, 0.25) is 0 Å². The van der Waals surface area contributed by atoms with E-state index < -0.39 is 12.1 Å². The summed E-state index contributed by atoms with van der Waals surface area (Å²) in [4.78, 5) is 43.8. The number of hydrogen-bond acceptors (Lipinski definition) is 3. The zero-order chi connectivity index (χ0) is 26.0. The number of nitrogens with one attached hydrogen (secondary N) is 2. The van der Waals surface area contributed by atoms with E-state index in [9.17, 15) is 14.4 Å². The fourth-order valence-corrected chi connectivity index (χ4v) is 5.09. The molecule has 4 rings (SSSR count). The predicted octanol–water partition coefficient (Wildman–Crippen LogP) is 3.87. The lowest BCUT2D eigenvalue weighted by molar-refractivity contribution is -0.136. The highest BCUT2D eigenvalue weighted by Gasteiger charge is 2.47. The summed E-state index contributed by atoms with van der Waals surface area (Å²) in [5.41, 5.74) is 5.25. The molecular weight excluding hydrogens is 452 g/mol. The maximum Gasteiger partial charge on any atom is 0.322 e. The Labute approximate surface area is 213 Å². The second kappa shape index (κ2) is 10.6. The van der Waals surface area contributed by atoms with Crippen LogP contribution in [0.15, 0.2) is 59.8 Å². The smallest absolute Gasteiger partial charge is 0.322 e. The maximum atomic E-state index is 14.1. The van der Waals surface area contributed by atoms with E-state index in [1.807, 2.05) is 77.1 Å². The monoisotopic (exact) mass is 488 g/mol. The van der Waals surface area contributed by atoms with Crippen LogP contribution in [0.4, 0.5) is 4.79 Å². The molecule has 0 saturated carbocycles. The molecule has 0 spiro atoms. The largest absolute Gasteiger partial charge is 0.354 e. The zero-order valence-electron chi connectivity index (χ0n) is 21.8. The lowest BCUT2D eigenvalue weighted by atomic mass is 9.91. The first-order valence-corrected chi connectivity index (χ1v) is 12.7. The third-order valence-corrected chi connectivity index (χ3v) is 6.94. The van der Waals surface area contributed by atoms with E-state index >= 15 is 0 Å². The minimum absolute atomic E-state index is 0.175. The number of urea groups is 1. The fraction of sp³-hybridized carbons (Fsp3) is 0.414. The number of aryl methyl sites for hydroxylation is 2. The molecular formula is C29H36N4O3. The van der Waals surface area contributed by atoms with Crippen molar-refractivity contribution in [1.29, 1.82) is 0 Å². The first kappa shape index (κ1) is 25.5. The molecule has 2 aromatic rings. The Morgan fingerprint density at radius 3 is 2.47 bits per heavy atom. The van der Waals surface area contributed by atoms with Crippen molar-refractivity contribution in [2.75, 3.05) is 19.6 Å². The molecule has 2 N–H and O–H groups in total. The summed E-state index contributed by atoms with van der Waals surface area (Å²) in [5, 5.41) is 6.08. The summed E-state index contributed by atoms with van der Waals surface area (Å²) in [7, 11) is 0. The molecule has 0 saturated heterocycles. The van der Waals surface area contributed by atoms with E-state index in [0.29, 0.717) is 36.7 Å². The van der Waals surface area contributed by atoms with Crippen molar-refractivity contribution in [3.8, 4) is 0 Å². The number of hydrogen-bond donors (Lipinski definition) is 2. The molecule has 0 radical (unpaired) electrons. The molecule has 2 aromatic carbocycles. The standard InChI is InChI=1S/C29H36N4O3/c1-6-32-24-17-33(23(27(34)30-16-18(2)3)15-21-10-8-7-9-11-21)28(35)25(24)26(31-29(32)36)22-13-12-19(4)14-20(22)5/h7-14,18,23,26H,6,15-17H2,1-5H3,(H,30,34)(H,31,36)/t23-,26-/m0/s1. The Morgan fingerprint density at radius 2 is 1.83 bits per heavy atom. The normalized spacial score (nSPS) is 18.4. The molecule has 0 aromatic heterocycles. The van der Waals surface area contributed by atoms with Crippen LogP contribution in [-0.4, -0.2) is 53.3 Å². The van der Waals surface area contributed by atoms with E-state index in [4.69, 9.17) is 0 Å². The van der Waals surface area contributed by atoms with Crippen molar-refractivity contribution in [3.05, 3.63) is 82.1 Å². The van der Waals surface area contributed by atoms with Gasteiger partial charge in [0.1, 0.15) is 6.04 Å². The summed E-state index contributed by atoms with van der Waals surface area (Å²) in [6.07, 6.45) is 0.402. The van der Waals surface area contributed by atoms with Gasteiger partial charge in [0.05, 0.1) is 23.9 Å². The van der Waals surface area contributed by atoms with Crippen LogP contribution in [-0.2, 0) is 16.0 Å². The second-order valence-electron chi connectivity index (χ2n) is 10.1. The van der Waals surface area contributed by atoms with Crippen molar-refractivity contribution in [3.63, 3.8) is 0 Å². The van der Waals surface area contributed by atoms with Gasteiger partial charge in [-0.2, -0.15) is 0 Å². The van der Waals surface area contributed by atoms with Gasteiger partial charge in [-0.15, -0.1) is 0 Å². The number of carbonyl (C=O) groups excluding carboxylic acids is 3. The SMILES string of the molecule is CCN1C(=O)N[C@@H](c2ccc(C)cc2C)C2=C1CN([C@@H](Cc1ccccc1)C(=O)NCC(C)C)C2=O. The van der Waals surface area contributed by atoms with Crippen LogP contribution < -0.4 is 10.6 Å². The predicted molar refractivity (Wildman–Crippen MR) is 140 cm³/mol. The van der Waals surface area contributed by atoms with E-state index in [2.05, 4.69) is 16.7 Å². The first-order valence-electron chi connectivity index (χ1n) is 12.7. The zero-order valence-corrected chi connectivity index (χ0v) is 21.8. The molecule has 7 heteroatoms. The van der Waals surface area contributed by atoms with Crippen molar-refractivity contribution in [2.45, 2.75) is 53.1 Å². The number of nitrogens with zero attached hydrogens (tertiary/aromatic N) is 2. The molecule has 7 nitrogen and oxygen atoms in total. The molecule has 0 fully saturated rings. The Hall–Kier alpha value is -3.61. The van der Waals surface area contributed by atoms with Gasteiger partial charge >= 0.3 is 6.03 Å². The molecule has 4 amide bonds. The number of carbonyl (C=O) groups is 3. The van der Waals surface area contributed by atoms with Gasteiger partial charge < -0.3 is 15.5 Å². The molecule has 2 heterocycles. The molecule has 190 valence electrons. The number of rotatable bonds is 8. The summed E-state index contributed by atoms with van der Waals surface area (Å²) in [6, 6.07) is 14.3.